The van der Waals surface area contributed by atoms with Crippen molar-refractivity contribution < 1.29 is 4.39 Å². The van der Waals surface area contributed by atoms with E-state index in [9.17, 15) is 4.39 Å². The van der Waals surface area contributed by atoms with Crippen LogP contribution in [0.5, 0.6) is 0 Å². The second-order valence-corrected chi connectivity index (χ2v) is 6.12. The van der Waals surface area contributed by atoms with Gasteiger partial charge in [0, 0.05) is 15.5 Å². The Morgan fingerprint density at radius 3 is 2.89 bits per heavy atom. The standard InChI is InChI=1S/C12H13BrFN3S/c1-7-16-6-12(18-7)11(17-15)4-8-2-3-9(13)5-10(8)14/h2-3,5-6,11,17H,4,15H2,1H3. The summed E-state index contributed by atoms with van der Waals surface area (Å²) in [6.45, 7) is 1.93. The molecule has 0 fully saturated rings. The number of benzene rings is 1. The molecule has 0 spiro atoms. The van der Waals surface area contributed by atoms with E-state index >= 15 is 0 Å². The van der Waals surface area contributed by atoms with Gasteiger partial charge in [-0.2, -0.15) is 0 Å². The molecule has 0 amide bonds. The van der Waals surface area contributed by atoms with Gasteiger partial charge >= 0.3 is 0 Å². The summed E-state index contributed by atoms with van der Waals surface area (Å²) >= 11 is 4.80. The maximum Gasteiger partial charge on any atom is 0.127 e. The number of rotatable bonds is 4. The van der Waals surface area contributed by atoms with Crippen LogP contribution in [0.3, 0.4) is 0 Å². The first-order valence-electron chi connectivity index (χ1n) is 5.42. The quantitative estimate of drug-likeness (QED) is 0.669. The van der Waals surface area contributed by atoms with Gasteiger partial charge in [0.05, 0.1) is 11.0 Å². The Morgan fingerprint density at radius 1 is 1.56 bits per heavy atom. The third kappa shape index (κ3) is 3.14. The summed E-state index contributed by atoms with van der Waals surface area (Å²) in [6.07, 6.45) is 2.28. The van der Waals surface area contributed by atoms with Crippen LogP contribution in [-0.2, 0) is 6.42 Å². The third-order valence-corrected chi connectivity index (χ3v) is 4.14. The van der Waals surface area contributed by atoms with E-state index in [1.54, 1.807) is 23.6 Å². The number of hydrazine groups is 1. The van der Waals surface area contributed by atoms with Crippen molar-refractivity contribution in [2.45, 2.75) is 19.4 Å². The predicted molar refractivity (Wildman–Crippen MR) is 74.7 cm³/mol. The molecular formula is C12H13BrFN3S. The molecule has 1 aromatic heterocycles. The highest BCUT2D eigenvalue weighted by Gasteiger charge is 2.15. The Hall–Kier alpha value is -0.820. The molecule has 6 heteroatoms. The first kappa shape index (κ1) is 13.6. The van der Waals surface area contributed by atoms with Gasteiger partial charge in [0.1, 0.15) is 5.82 Å². The summed E-state index contributed by atoms with van der Waals surface area (Å²) in [5.74, 6) is 5.31. The van der Waals surface area contributed by atoms with E-state index in [-0.39, 0.29) is 11.9 Å². The molecule has 0 aliphatic rings. The van der Waals surface area contributed by atoms with Gasteiger partial charge in [-0.15, -0.1) is 11.3 Å². The number of hydrogen-bond donors (Lipinski definition) is 2. The lowest BCUT2D eigenvalue weighted by Gasteiger charge is -2.14. The van der Waals surface area contributed by atoms with Crippen LogP contribution in [0.25, 0.3) is 0 Å². The summed E-state index contributed by atoms with van der Waals surface area (Å²) in [6, 6.07) is 4.93. The van der Waals surface area contributed by atoms with E-state index in [0.29, 0.717) is 12.0 Å². The molecule has 0 bridgehead atoms. The number of aryl methyl sites for hydroxylation is 1. The number of halogens is 2. The summed E-state index contributed by atoms with van der Waals surface area (Å²) < 4.78 is 14.5. The predicted octanol–water partition coefficient (Wildman–Crippen LogP) is 3.10. The first-order valence-corrected chi connectivity index (χ1v) is 7.03. The van der Waals surface area contributed by atoms with Crippen LogP contribution in [0, 0.1) is 12.7 Å². The van der Waals surface area contributed by atoms with Gasteiger partial charge in [0.15, 0.2) is 0 Å². The summed E-state index contributed by atoms with van der Waals surface area (Å²) in [5.41, 5.74) is 3.35. The Kier molecular flexibility index (Phi) is 4.45. The van der Waals surface area contributed by atoms with Crippen molar-refractivity contribution in [3.8, 4) is 0 Å². The van der Waals surface area contributed by atoms with Gasteiger partial charge in [-0.1, -0.05) is 22.0 Å². The highest BCUT2D eigenvalue weighted by Crippen LogP contribution is 2.25. The van der Waals surface area contributed by atoms with Crippen LogP contribution in [0.2, 0.25) is 0 Å². The van der Waals surface area contributed by atoms with Crippen LogP contribution in [0.15, 0.2) is 28.9 Å². The largest absolute Gasteiger partial charge is 0.271 e. The zero-order valence-electron chi connectivity index (χ0n) is 9.78. The molecule has 0 radical (unpaired) electrons. The zero-order valence-corrected chi connectivity index (χ0v) is 12.2. The highest BCUT2D eigenvalue weighted by molar-refractivity contribution is 9.10. The summed E-state index contributed by atoms with van der Waals surface area (Å²) in [4.78, 5) is 5.20. The topological polar surface area (TPSA) is 50.9 Å². The Balaban J connectivity index is 2.20. The number of thiazole rings is 1. The van der Waals surface area contributed by atoms with Gasteiger partial charge < -0.3 is 0 Å². The molecule has 18 heavy (non-hydrogen) atoms. The fraction of sp³-hybridized carbons (Fsp3) is 0.250. The molecule has 2 rings (SSSR count). The number of nitrogens with one attached hydrogen (secondary N) is 1. The lowest BCUT2D eigenvalue weighted by Crippen LogP contribution is -2.29. The summed E-state index contributed by atoms with van der Waals surface area (Å²) in [5, 5.41) is 0.974. The average molecular weight is 330 g/mol. The summed E-state index contributed by atoms with van der Waals surface area (Å²) in [7, 11) is 0. The Bertz CT molecular complexity index is 544. The van der Waals surface area contributed by atoms with Gasteiger partial charge in [0.2, 0.25) is 0 Å². The van der Waals surface area contributed by atoms with Crippen LogP contribution in [0.4, 0.5) is 4.39 Å². The number of nitrogens with zero attached hydrogens (tertiary/aromatic N) is 1. The average Bonchev–Trinajstić information content (AvgIpc) is 2.75. The van der Waals surface area contributed by atoms with Crippen molar-refractivity contribution in [3.05, 3.63) is 50.1 Å². The molecule has 3 nitrogen and oxygen atoms in total. The van der Waals surface area contributed by atoms with Crippen LogP contribution in [0.1, 0.15) is 21.5 Å². The van der Waals surface area contributed by atoms with Crippen molar-refractivity contribution in [3.63, 3.8) is 0 Å². The molecule has 96 valence electrons. The zero-order chi connectivity index (χ0) is 13.1. The molecule has 0 saturated heterocycles. The fourth-order valence-electron chi connectivity index (χ4n) is 1.69. The Morgan fingerprint density at radius 2 is 2.33 bits per heavy atom. The van der Waals surface area contributed by atoms with Gasteiger partial charge in [-0.05, 0) is 31.0 Å². The first-order chi connectivity index (χ1) is 8.60. The smallest absolute Gasteiger partial charge is 0.127 e. The molecule has 1 unspecified atom stereocenters. The molecular weight excluding hydrogens is 317 g/mol. The third-order valence-electron chi connectivity index (χ3n) is 2.62. The van der Waals surface area contributed by atoms with E-state index < -0.39 is 0 Å². The molecule has 2 aromatic rings. The van der Waals surface area contributed by atoms with E-state index in [4.69, 9.17) is 5.84 Å². The monoisotopic (exact) mass is 329 g/mol. The molecule has 3 N–H and O–H groups in total. The second-order valence-electron chi connectivity index (χ2n) is 3.94. The molecule has 1 atom stereocenters. The normalized spacial score (nSPS) is 12.7. The lowest BCUT2D eigenvalue weighted by atomic mass is 10.1. The highest BCUT2D eigenvalue weighted by atomic mass is 79.9. The number of hydrogen-bond acceptors (Lipinski definition) is 4. The van der Waals surface area contributed by atoms with Gasteiger partial charge in [-0.3, -0.25) is 11.3 Å². The van der Waals surface area contributed by atoms with E-state index in [0.717, 1.165) is 14.4 Å². The van der Waals surface area contributed by atoms with E-state index in [2.05, 4.69) is 26.3 Å². The SMILES string of the molecule is Cc1ncc(C(Cc2ccc(Br)cc2F)NN)s1. The van der Waals surface area contributed by atoms with Crippen LogP contribution < -0.4 is 11.3 Å². The van der Waals surface area contributed by atoms with E-state index in [1.165, 1.54) is 6.07 Å². The minimum absolute atomic E-state index is 0.119. The van der Waals surface area contributed by atoms with Gasteiger partial charge in [0.25, 0.3) is 0 Å². The number of nitrogens with two attached hydrogens (primary N) is 1. The molecule has 0 aliphatic carbocycles. The van der Waals surface area contributed by atoms with Crippen molar-refractivity contribution in [1.29, 1.82) is 0 Å². The van der Waals surface area contributed by atoms with Crippen LogP contribution in [-0.4, -0.2) is 4.98 Å². The molecule has 1 heterocycles. The molecule has 1 aromatic carbocycles. The lowest BCUT2D eigenvalue weighted by molar-refractivity contribution is 0.534. The second kappa shape index (κ2) is 5.88. The fourth-order valence-corrected chi connectivity index (χ4v) is 2.87. The minimum atomic E-state index is -0.231. The molecule has 0 saturated carbocycles. The van der Waals surface area contributed by atoms with Crippen LogP contribution >= 0.6 is 27.3 Å². The van der Waals surface area contributed by atoms with Crippen molar-refractivity contribution in [2.24, 2.45) is 5.84 Å². The maximum absolute atomic E-state index is 13.8. The van der Waals surface area contributed by atoms with Crippen molar-refractivity contribution >= 4 is 27.3 Å². The number of aromatic nitrogens is 1. The van der Waals surface area contributed by atoms with E-state index in [1.807, 2.05) is 13.0 Å². The van der Waals surface area contributed by atoms with Crippen molar-refractivity contribution in [2.75, 3.05) is 0 Å². The van der Waals surface area contributed by atoms with Gasteiger partial charge in [-0.25, -0.2) is 9.37 Å². The minimum Gasteiger partial charge on any atom is -0.271 e. The Labute approximate surface area is 117 Å². The maximum atomic E-state index is 13.8. The molecule has 0 aliphatic heterocycles. The van der Waals surface area contributed by atoms with Crippen molar-refractivity contribution in [1.82, 2.24) is 10.4 Å².